The van der Waals surface area contributed by atoms with E-state index in [-0.39, 0.29) is 17.7 Å². The fourth-order valence-electron chi connectivity index (χ4n) is 2.59. The van der Waals surface area contributed by atoms with Gasteiger partial charge in [-0.2, -0.15) is 0 Å². The molecule has 0 spiro atoms. The molecule has 100 valence electrons. The van der Waals surface area contributed by atoms with Gasteiger partial charge in [-0.1, -0.05) is 66.7 Å². The molecule has 2 heteroatoms. The molecule has 0 amide bonds. The summed E-state index contributed by atoms with van der Waals surface area (Å²) in [6.07, 6.45) is 4.57. The van der Waals surface area contributed by atoms with E-state index >= 15 is 0 Å². The van der Waals surface area contributed by atoms with Gasteiger partial charge in [-0.25, -0.2) is 0 Å². The van der Waals surface area contributed by atoms with Crippen molar-refractivity contribution in [1.29, 1.82) is 0 Å². The van der Waals surface area contributed by atoms with Crippen LogP contribution in [0.1, 0.15) is 16.8 Å². The Kier molecular flexibility index (Phi) is 3.48. The lowest BCUT2D eigenvalue weighted by Gasteiger charge is -2.09. The largest absolute Gasteiger partial charge is 0.324 e. The number of ketones is 1. The number of hydrogen-bond donors (Lipinski definition) is 1. The number of allylic oxidation sites excluding steroid dienone is 1. The fourth-order valence-corrected chi connectivity index (χ4v) is 2.59. The zero-order valence-electron chi connectivity index (χ0n) is 11.2. The number of carbonyl (C=O) groups excluding carboxylic acids is 1. The Balaban J connectivity index is 1.80. The monoisotopic (exact) mass is 263 g/mol. The van der Waals surface area contributed by atoms with Gasteiger partial charge in [0.2, 0.25) is 0 Å². The van der Waals surface area contributed by atoms with Gasteiger partial charge in [0.15, 0.2) is 5.78 Å². The maximum absolute atomic E-state index is 12.3. The van der Waals surface area contributed by atoms with Crippen molar-refractivity contribution >= 4 is 5.78 Å². The van der Waals surface area contributed by atoms with Crippen molar-refractivity contribution in [1.82, 2.24) is 0 Å². The van der Waals surface area contributed by atoms with Crippen LogP contribution in [-0.2, 0) is 0 Å². The van der Waals surface area contributed by atoms with Crippen LogP contribution in [0, 0.1) is 5.92 Å². The second kappa shape index (κ2) is 5.43. The first kappa shape index (κ1) is 12.8. The summed E-state index contributed by atoms with van der Waals surface area (Å²) < 4.78 is 0. The van der Waals surface area contributed by atoms with E-state index in [1.54, 1.807) is 0 Å². The van der Waals surface area contributed by atoms with Gasteiger partial charge in [0.25, 0.3) is 0 Å². The molecule has 20 heavy (non-hydrogen) atoms. The minimum absolute atomic E-state index is 0.0209. The lowest BCUT2D eigenvalue weighted by atomic mass is 9.95. The van der Waals surface area contributed by atoms with Crippen molar-refractivity contribution in [3.63, 3.8) is 0 Å². The zero-order valence-corrected chi connectivity index (χ0v) is 11.2. The number of nitrogens with two attached hydrogens (primary N) is 1. The predicted molar refractivity (Wildman–Crippen MR) is 81.4 cm³/mol. The summed E-state index contributed by atoms with van der Waals surface area (Å²) in [6, 6.07) is 18.0. The molecule has 0 radical (unpaired) electrons. The molecule has 0 aliphatic heterocycles. The van der Waals surface area contributed by atoms with Gasteiger partial charge in [0, 0.05) is 17.5 Å². The lowest BCUT2D eigenvalue weighted by Crippen LogP contribution is -2.19. The summed E-state index contributed by atoms with van der Waals surface area (Å²) in [5, 5.41) is 0. The second-order valence-electron chi connectivity index (χ2n) is 5.20. The van der Waals surface area contributed by atoms with Crippen molar-refractivity contribution in [3.8, 4) is 11.1 Å². The molecule has 0 aromatic heterocycles. The molecule has 2 aromatic carbocycles. The van der Waals surface area contributed by atoms with Gasteiger partial charge in [-0.05, 0) is 17.5 Å². The highest BCUT2D eigenvalue weighted by molar-refractivity contribution is 5.99. The molecule has 2 atom stereocenters. The van der Waals surface area contributed by atoms with Crippen molar-refractivity contribution in [3.05, 3.63) is 72.3 Å². The first-order valence-corrected chi connectivity index (χ1v) is 6.87. The first-order valence-electron chi connectivity index (χ1n) is 6.87. The Hall–Kier alpha value is -2.19. The molecule has 1 aliphatic carbocycles. The van der Waals surface area contributed by atoms with Gasteiger partial charge in [0.05, 0.1) is 0 Å². The molecule has 2 N–H and O–H groups in total. The SMILES string of the molecule is NC1C=CC(C(=O)c2ccc(-c3ccccc3)cc2)C1. The zero-order chi connectivity index (χ0) is 13.9. The van der Waals surface area contributed by atoms with Crippen LogP contribution in [0.4, 0.5) is 0 Å². The number of hydrogen-bond acceptors (Lipinski definition) is 2. The molecule has 0 heterocycles. The number of carbonyl (C=O) groups is 1. The normalized spacial score (nSPS) is 21.1. The molecule has 0 saturated heterocycles. The van der Waals surface area contributed by atoms with E-state index in [0.29, 0.717) is 0 Å². The summed E-state index contributed by atoms with van der Waals surface area (Å²) in [7, 11) is 0. The summed E-state index contributed by atoms with van der Waals surface area (Å²) in [5.74, 6) is 0.0985. The van der Waals surface area contributed by atoms with E-state index in [0.717, 1.165) is 23.1 Å². The summed E-state index contributed by atoms with van der Waals surface area (Å²) in [5.41, 5.74) is 8.85. The predicted octanol–water partition coefficient (Wildman–Crippen LogP) is 3.44. The van der Waals surface area contributed by atoms with Crippen LogP contribution in [-0.4, -0.2) is 11.8 Å². The van der Waals surface area contributed by atoms with E-state index in [4.69, 9.17) is 5.73 Å². The minimum Gasteiger partial charge on any atom is -0.324 e. The minimum atomic E-state index is -0.0624. The maximum Gasteiger partial charge on any atom is 0.169 e. The van der Waals surface area contributed by atoms with Crippen molar-refractivity contribution < 1.29 is 4.79 Å². The molecule has 2 unspecified atom stereocenters. The van der Waals surface area contributed by atoms with Gasteiger partial charge < -0.3 is 5.73 Å². The number of rotatable bonds is 3. The third-order valence-corrected chi connectivity index (χ3v) is 3.73. The highest BCUT2D eigenvalue weighted by Gasteiger charge is 2.23. The molecule has 2 aromatic rings. The van der Waals surface area contributed by atoms with E-state index < -0.39 is 0 Å². The Morgan fingerprint density at radius 2 is 1.55 bits per heavy atom. The average molecular weight is 263 g/mol. The molecule has 0 saturated carbocycles. The standard InChI is InChI=1S/C18H17NO/c19-17-11-10-16(12-17)18(20)15-8-6-14(7-9-15)13-4-2-1-3-5-13/h1-11,16-17H,12,19H2. The summed E-state index contributed by atoms with van der Waals surface area (Å²) in [6.45, 7) is 0. The molecule has 0 fully saturated rings. The molecule has 3 rings (SSSR count). The van der Waals surface area contributed by atoms with Crippen molar-refractivity contribution in [2.75, 3.05) is 0 Å². The molecule has 0 bridgehead atoms. The van der Waals surface area contributed by atoms with E-state index in [1.165, 1.54) is 0 Å². The molecular formula is C18H17NO. The smallest absolute Gasteiger partial charge is 0.169 e. The van der Waals surface area contributed by atoms with Crippen molar-refractivity contribution in [2.24, 2.45) is 11.7 Å². The number of Topliss-reactive ketones (excluding diaryl/α,β-unsaturated/α-hetero) is 1. The number of benzene rings is 2. The molecule has 2 nitrogen and oxygen atoms in total. The van der Waals surface area contributed by atoms with E-state index in [2.05, 4.69) is 12.1 Å². The molecular weight excluding hydrogens is 246 g/mol. The van der Waals surface area contributed by atoms with Gasteiger partial charge in [0.1, 0.15) is 0 Å². The quantitative estimate of drug-likeness (QED) is 0.681. The third-order valence-electron chi connectivity index (χ3n) is 3.73. The van der Waals surface area contributed by atoms with Crippen molar-refractivity contribution in [2.45, 2.75) is 12.5 Å². The van der Waals surface area contributed by atoms with Crippen LogP contribution >= 0.6 is 0 Å². The summed E-state index contributed by atoms with van der Waals surface area (Å²) in [4.78, 5) is 12.3. The van der Waals surface area contributed by atoms with Crippen LogP contribution in [0.2, 0.25) is 0 Å². The van der Waals surface area contributed by atoms with E-state index in [9.17, 15) is 4.79 Å². The Morgan fingerprint density at radius 1 is 0.900 bits per heavy atom. The highest BCUT2D eigenvalue weighted by atomic mass is 16.1. The van der Waals surface area contributed by atoms with Crippen LogP contribution in [0.15, 0.2) is 66.7 Å². The molecule has 1 aliphatic rings. The van der Waals surface area contributed by atoms with Gasteiger partial charge in [-0.3, -0.25) is 4.79 Å². The third kappa shape index (κ3) is 2.56. The lowest BCUT2D eigenvalue weighted by molar-refractivity contribution is 0.0943. The Morgan fingerprint density at radius 3 is 2.15 bits per heavy atom. The fraction of sp³-hybridized carbons (Fsp3) is 0.167. The van der Waals surface area contributed by atoms with Crippen LogP contribution < -0.4 is 5.73 Å². The van der Waals surface area contributed by atoms with Crippen LogP contribution in [0.5, 0.6) is 0 Å². The average Bonchev–Trinajstić information content (AvgIpc) is 2.94. The van der Waals surface area contributed by atoms with Gasteiger partial charge in [-0.15, -0.1) is 0 Å². The van der Waals surface area contributed by atoms with Crippen LogP contribution in [0.3, 0.4) is 0 Å². The van der Waals surface area contributed by atoms with Crippen LogP contribution in [0.25, 0.3) is 11.1 Å². The first-order chi connectivity index (χ1) is 9.74. The Labute approximate surface area is 118 Å². The topological polar surface area (TPSA) is 43.1 Å². The highest BCUT2D eigenvalue weighted by Crippen LogP contribution is 2.24. The summed E-state index contributed by atoms with van der Waals surface area (Å²) >= 11 is 0. The van der Waals surface area contributed by atoms with Gasteiger partial charge >= 0.3 is 0 Å². The Bertz CT molecular complexity index is 628. The maximum atomic E-state index is 12.3. The van der Waals surface area contributed by atoms with E-state index in [1.807, 2.05) is 54.6 Å². The second-order valence-corrected chi connectivity index (χ2v) is 5.20.